The Bertz CT molecular complexity index is 630. The van der Waals surface area contributed by atoms with Crippen LogP contribution in [0.5, 0.6) is 17.2 Å². The monoisotopic (exact) mass is 258 g/mol. The lowest BCUT2D eigenvalue weighted by atomic mass is 10.2. The lowest BCUT2D eigenvalue weighted by molar-refractivity contribution is 0.405. The Hall–Kier alpha value is -2.74. The predicted octanol–water partition coefficient (Wildman–Crippen LogP) is 3.08. The van der Waals surface area contributed by atoms with Crippen LogP contribution in [0.1, 0.15) is 5.56 Å². The Morgan fingerprint density at radius 3 is 2.68 bits per heavy atom. The molecule has 0 spiro atoms. The summed E-state index contributed by atoms with van der Waals surface area (Å²) in [7, 11) is 1.49. The predicted molar refractivity (Wildman–Crippen MR) is 68.6 cm³/mol. The molecule has 96 valence electrons. The smallest absolute Gasteiger partial charge is 0.185 e. The Labute approximate surface area is 109 Å². The molecule has 5 heteroatoms. The third-order valence-corrected chi connectivity index (χ3v) is 2.52. The van der Waals surface area contributed by atoms with Gasteiger partial charge in [-0.2, -0.15) is 5.26 Å². The lowest BCUT2D eigenvalue weighted by Gasteiger charge is -2.11. The van der Waals surface area contributed by atoms with Crippen LogP contribution in [0.4, 0.5) is 10.1 Å². The van der Waals surface area contributed by atoms with E-state index in [9.17, 15) is 4.39 Å². The van der Waals surface area contributed by atoms with Crippen molar-refractivity contribution in [2.75, 3.05) is 12.8 Å². The molecule has 0 aliphatic carbocycles. The minimum absolute atomic E-state index is 0.104. The number of nitrogens with two attached hydrogens (primary N) is 1. The summed E-state index contributed by atoms with van der Waals surface area (Å²) >= 11 is 0. The lowest BCUT2D eigenvalue weighted by Crippen LogP contribution is -1.97. The molecular formula is C14H11FN2O2. The molecule has 2 N–H and O–H groups in total. The standard InChI is InChI=1S/C14H11FN2O2/c1-18-10-6-5-9(8-16)13(7-10)19-14-11(15)3-2-4-12(14)17/h2-7H,17H2,1H3. The van der Waals surface area contributed by atoms with Gasteiger partial charge in [-0.05, 0) is 24.3 Å². The maximum Gasteiger partial charge on any atom is 0.185 e. The van der Waals surface area contributed by atoms with E-state index in [1.165, 1.54) is 37.4 Å². The minimum atomic E-state index is -0.591. The molecule has 0 amide bonds. The molecule has 0 saturated carbocycles. The SMILES string of the molecule is COc1ccc(C#N)c(Oc2c(N)cccc2F)c1. The summed E-state index contributed by atoms with van der Waals surface area (Å²) in [5.41, 5.74) is 6.08. The van der Waals surface area contributed by atoms with Gasteiger partial charge >= 0.3 is 0 Å². The molecule has 0 bridgehead atoms. The van der Waals surface area contributed by atoms with Crippen LogP contribution < -0.4 is 15.2 Å². The molecule has 0 saturated heterocycles. The van der Waals surface area contributed by atoms with Gasteiger partial charge in [0.15, 0.2) is 11.6 Å². The van der Waals surface area contributed by atoms with Crippen LogP contribution in [-0.4, -0.2) is 7.11 Å². The topological polar surface area (TPSA) is 68.3 Å². The van der Waals surface area contributed by atoms with E-state index in [2.05, 4.69) is 0 Å². The molecule has 0 unspecified atom stereocenters. The Morgan fingerprint density at radius 2 is 2.05 bits per heavy atom. The highest BCUT2D eigenvalue weighted by Gasteiger charge is 2.12. The molecule has 4 nitrogen and oxygen atoms in total. The zero-order valence-electron chi connectivity index (χ0n) is 10.2. The second kappa shape index (κ2) is 5.27. The quantitative estimate of drug-likeness (QED) is 0.859. The first-order valence-corrected chi connectivity index (χ1v) is 5.45. The van der Waals surface area contributed by atoms with Crippen LogP contribution >= 0.6 is 0 Å². The van der Waals surface area contributed by atoms with Gasteiger partial charge in [0.2, 0.25) is 0 Å². The van der Waals surface area contributed by atoms with Crippen molar-refractivity contribution in [3.63, 3.8) is 0 Å². The molecule has 0 aliphatic rings. The zero-order valence-corrected chi connectivity index (χ0v) is 10.2. The van der Waals surface area contributed by atoms with E-state index >= 15 is 0 Å². The van der Waals surface area contributed by atoms with Crippen LogP contribution in [-0.2, 0) is 0 Å². The number of halogens is 1. The van der Waals surface area contributed by atoms with Crippen LogP contribution in [0.25, 0.3) is 0 Å². The molecule has 2 rings (SSSR count). The summed E-state index contributed by atoms with van der Waals surface area (Å²) in [6.45, 7) is 0. The fourth-order valence-corrected chi connectivity index (χ4v) is 1.55. The Morgan fingerprint density at radius 1 is 1.26 bits per heavy atom. The summed E-state index contributed by atoms with van der Waals surface area (Å²) in [4.78, 5) is 0. The number of para-hydroxylation sites is 1. The van der Waals surface area contributed by atoms with Crippen molar-refractivity contribution in [2.24, 2.45) is 0 Å². The maximum atomic E-state index is 13.6. The molecule has 0 aromatic heterocycles. The second-order valence-electron chi connectivity index (χ2n) is 3.73. The third kappa shape index (κ3) is 2.58. The van der Waals surface area contributed by atoms with Crippen LogP contribution in [0, 0.1) is 17.1 Å². The minimum Gasteiger partial charge on any atom is -0.497 e. The van der Waals surface area contributed by atoms with E-state index < -0.39 is 5.82 Å². The van der Waals surface area contributed by atoms with Gasteiger partial charge in [0.25, 0.3) is 0 Å². The van der Waals surface area contributed by atoms with Gasteiger partial charge in [-0.15, -0.1) is 0 Å². The summed E-state index contributed by atoms with van der Waals surface area (Å²) in [5.74, 6) is 0.00141. The van der Waals surface area contributed by atoms with E-state index in [0.29, 0.717) is 5.75 Å². The Balaban J connectivity index is 2.46. The number of methoxy groups -OCH3 is 1. The number of rotatable bonds is 3. The first kappa shape index (κ1) is 12.7. The molecule has 0 fully saturated rings. The van der Waals surface area contributed by atoms with Gasteiger partial charge in [-0.1, -0.05) is 6.07 Å². The van der Waals surface area contributed by atoms with Crippen LogP contribution in [0.3, 0.4) is 0 Å². The molecule has 19 heavy (non-hydrogen) atoms. The number of nitrogens with zero attached hydrogens (tertiary/aromatic N) is 1. The number of ether oxygens (including phenoxy) is 2. The number of hydrogen-bond donors (Lipinski definition) is 1. The zero-order chi connectivity index (χ0) is 13.8. The van der Waals surface area contributed by atoms with Gasteiger partial charge in [0.05, 0.1) is 18.4 Å². The third-order valence-electron chi connectivity index (χ3n) is 2.52. The van der Waals surface area contributed by atoms with Crippen molar-refractivity contribution in [3.8, 4) is 23.3 Å². The molecular weight excluding hydrogens is 247 g/mol. The van der Waals surface area contributed by atoms with E-state index in [-0.39, 0.29) is 22.7 Å². The van der Waals surface area contributed by atoms with Gasteiger partial charge in [0.1, 0.15) is 17.6 Å². The van der Waals surface area contributed by atoms with E-state index in [4.69, 9.17) is 20.5 Å². The van der Waals surface area contributed by atoms with E-state index in [1.807, 2.05) is 6.07 Å². The van der Waals surface area contributed by atoms with Crippen molar-refractivity contribution in [2.45, 2.75) is 0 Å². The average molecular weight is 258 g/mol. The first-order valence-electron chi connectivity index (χ1n) is 5.45. The largest absolute Gasteiger partial charge is 0.497 e. The highest BCUT2D eigenvalue weighted by atomic mass is 19.1. The van der Waals surface area contributed by atoms with Crippen LogP contribution in [0.2, 0.25) is 0 Å². The van der Waals surface area contributed by atoms with E-state index in [0.717, 1.165) is 0 Å². The van der Waals surface area contributed by atoms with Gasteiger partial charge in [-0.25, -0.2) is 4.39 Å². The number of anilines is 1. The molecule has 2 aromatic carbocycles. The summed E-state index contributed by atoms with van der Waals surface area (Å²) in [5, 5.41) is 9.00. The van der Waals surface area contributed by atoms with Crippen molar-refractivity contribution in [1.29, 1.82) is 5.26 Å². The normalized spacial score (nSPS) is 9.74. The van der Waals surface area contributed by atoms with Crippen molar-refractivity contribution in [1.82, 2.24) is 0 Å². The van der Waals surface area contributed by atoms with Gasteiger partial charge < -0.3 is 15.2 Å². The number of benzene rings is 2. The van der Waals surface area contributed by atoms with Crippen molar-refractivity contribution in [3.05, 3.63) is 47.8 Å². The van der Waals surface area contributed by atoms with Crippen molar-refractivity contribution >= 4 is 5.69 Å². The van der Waals surface area contributed by atoms with Gasteiger partial charge in [-0.3, -0.25) is 0 Å². The molecule has 0 aliphatic heterocycles. The molecule has 2 aromatic rings. The highest BCUT2D eigenvalue weighted by molar-refractivity contribution is 5.57. The van der Waals surface area contributed by atoms with E-state index in [1.54, 1.807) is 6.07 Å². The van der Waals surface area contributed by atoms with Crippen molar-refractivity contribution < 1.29 is 13.9 Å². The Kier molecular flexibility index (Phi) is 3.53. The summed E-state index contributed by atoms with van der Waals surface area (Å²) < 4.78 is 24.1. The number of nitriles is 1. The summed E-state index contributed by atoms with van der Waals surface area (Å²) in [6.07, 6.45) is 0. The highest BCUT2D eigenvalue weighted by Crippen LogP contribution is 2.33. The fraction of sp³-hybridized carbons (Fsp3) is 0.0714. The fourth-order valence-electron chi connectivity index (χ4n) is 1.55. The summed E-state index contributed by atoms with van der Waals surface area (Å²) in [6, 6.07) is 10.9. The number of hydrogen-bond acceptors (Lipinski definition) is 4. The molecule has 0 radical (unpaired) electrons. The van der Waals surface area contributed by atoms with Gasteiger partial charge in [0, 0.05) is 6.07 Å². The number of nitrogen functional groups attached to an aromatic ring is 1. The maximum absolute atomic E-state index is 13.6. The average Bonchev–Trinajstić information content (AvgIpc) is 2.42. The molecule has 0 atom stereocenters. The second-order valence-corrected chi connectivity index (χ2v) is 3.73. The molecule has 0 heterocycles. The van der Waals surface area contributed by atoms with Crippen LogP contribution in [0.15, 0.2) is 36.4 Å². The first-order chi connectivity index (χ1) is 9.15.